The Hall–Kier alpha value is -2.83. The molecule has 1 saturated heterocycles. The molecule has 1 aliphatic rings. The molecule has 2 heterocycles. The number of benzene rings is 1. The van der Waals surface area contributed by atoms with Crippen LogP contribution in [-0.4, -0.2) is 41.0 Å². The monoisotopic (exact) mass is 371 g/mol. The molecule has 1 N–H and O–H groups in total. The van der Waals surface area contributed by atoms with Crippen molar-refractivity contribution in [3.05, 3.63) is 52.2 Å². The van der Waals surface area contributed by atoms with Crippen molar-refractivity contribution >= 4 is 5.91 Å². The molecule has 144 valence electrons. The van der Waals surface area contributed by atoms with Gasteiger partial charge in [0.25, 0.3) is 11.5 Å². The van der Waals surface area contributed by atoms with Gasteiger partial charge in [-0.15, -0.1) is 0 Å². The number of hydrogen-bond acceptors (Lipinski definition) is 5. The topological polar surface area (TPSA) is 84.5 Å². The second-order valence-electron chi connectivity index (χ2n) is 6.89. The first-order chi connectivity index (χ1) is 13.0. The first-order valence-electron chi connectivity index (χ1n) is 9.16. The molecule has 0 saturated carbocycles. The zero-order valence-electron chi connectivity index (χ0n) is 15.9. The van der Waals surface area contributed by atoms with Gasteiger partial charge in [0.2, 0.25) is 0 Å². The number of carbonyl (C=O) groups excluding carboxylic acids is 1. The summed E-state index contributed by atoms with van der Waals surface area (Å²) in [6.07, 6.45) is 1.63. The first kappa shape index (κ1) is 18.9. The van der Waals surface area contributed by atoms with Crippen LogP contribution in [0.4, 0.5) is 0 Å². The van der Waals surface area contributed by atoms with Crippen molar-refractivity contribution in [2.24, 2.45) is 0 Å². The average molecular weight is 371 g/mol. The summed E-state index contributed by atoms with van der Waals surface area (Å²) in [7, 11) is 1.56. The highest BCUT2D eigenvalue weighted by Gasteiger charge is 2.32. The van der Waals surface area contributed by atoms with Crippen molar-refractivity contribution < 1.29 is 14.3 Å². The minimum atomic E-state index is -0.231. The van der Waals surface area contributed by atoms with E-state index in [1.165, 1.54) is 6.07 Å². The molecule has 1 aromatic heterocycles. The zero-order valence-corrected chi connectivity index (χ0v) is 15.9. The summed E-state index contributed by atoms with van der Waals surface area (Å²) in [5.74, 6) is 1.66. The predicted octanol–water partition coefficient (Wildman–Crippen LogP) is 2.64. The zero-order chi connectivity index (χ0) is 19.4. The molecule has 0 spiro atoms. The number of ether oxygens (including phenoxy) is 2. The third-order valence-electron chi connectivity index (χ3n) is 4.68. The molecule has 1 aliphatic heterocycles. The fourth-order valence-electron chi connectivity index (χ4n) is 3.26. The fourth-order valence-corrected chi connectivity index (χ4v) is 3.26. The van der Waals surface area contributed by atoms with Gasteiger partial charge >= 0.3 is 0 Å². The molecule has 1 aromatic carbocycles. The lowest BCUT2D eigenvalue weighted by molar-refractivity contribution is -0.134. The summed E-state index contributed by atoms with van der Waals surface area (Å²) in [5, 5.41) is 0. The maximum absolute atomic E-state index is 12.7. The minimum absolute atomic E-state index is 0.0923. The number of para-hydroxylation sites is 2. The highest BCUT2D eigenvalue weighted by atomic mass is 16.5. The standard InChI is InChI=1S/C20H25N3O4/c1-13(2)14-11-18(24)22-20(21-14)15-7-6-10-23(15)19(25)12-27-17-9-5-4-8-16(17)26-3/h4-5,8-9,11,13,15H,6-7,10,12H2,1-3H3,(H,21,22,24)/t15-/m0/s1. The summed E-state index contributed by atoms with van der Waals surface area (Å²) in [6.45, 7) is 4.51. The van der Waals surface area contributed by atoms with Crippen molar-refractivity contribution in [3.63, 3.8) is 0 Å². The summed E-state index contributed by atoms with van der Waals surface area (Å²) in [5.41, 5.74) is 0.548. The molecular weight excluding hydrogens is 346 g/mol. The maximum Gasteiger partial charge on any atom is 0.261 e. The van der Waals surface area contributed by atoms with E-state index in [0.717, 1.165) is 18.5 Å². The third kappa shape index (κ3) is 4.30. The van der Waals surface area contributed by atoms with Crippen LogP contribution < -0.4 is 15.0 Å². The number of H-pyrrole nitrogens is 1. The number of hydrogen-bond donors (Lipinski definition) is 1. The van der Waals surface area contributed by atoms with Crippen molar-refractivity contribution in [3.8, 4) is 11.5 Å². The Bertz CT molecular complexity index is 862. The lowest BCUT2D eigenvalue weighted by atomic mass is 10.1. The quantitative estimate of drug-likeness (QED) is 0.844. The summed E-state index contributed by atoms with van der Waals surface area (Å²) in [6, 6.07) is 8.50. The first-order valence-corrected chi connectivity index (χ1v) is 9.16. The van der Waals surface area contributed by atoms with Gasteiger partial charge in [0, 0.05) is 12.6 Å². The van der Waals surface area contributed by atoms with Crippen molar-refractivity contribution in [2.75, 3.05) is 20.3 Å². The van der Waals surface area contributed by atoms with Gasteiger partial charge in [0.15, 0.2) is 18.1 Å². The molecule has 7 nitrogen and oxygen atoms in total. The molecule has 1 amide bonds. The molecule has 1 atom stereocenters. The van der Waals surface area contributed by atoms with Crippen LogP contribution in [0, 0.1) is 0 Å². The smallest absolute Gasteiger partial charge is 0.261 e. The molecule has 3 rings (SSSR count). The Kier molecular flexibility index (Phi) is 5.78. The SMILES string of the molecule is COc1ccccc1OCC(=O)N1CCC[C@H]1c1nc(C(C)C)cc(=O)[nH]1. The van der Waals surface area contributed by atoms with E-state index in [-0.39, 0.29) is 30.0 Å². The number of methoxy groups -OCH3 is 1. The van der Waals surface area contributed by atoms with Gasteiger partial charge in [-0.25, -0.2) is 4.98 Å². The van der Waals surface area contributed by atoms with Crippen LogP contribution in [0.3, 0.4) is 0 Å². The molecular formula is C20H25N3O4. The lowest BCUT2D eigenvalue weighted by Gasteiger charge is -2.24. The average Bonchev–Trinajstić information content (AvgIpc) is 3.15. The van der Waals surface area contributed by atoms with Crippen LogP contribution in [0.2, 0.25) is 0 Å². The van der Waals surface area contributed by atoms with E-state index in [1.54, 1.807) is 24.1 Å². The number of nitrogens with zero attached hydrogens (tertiary/aromatic N) is 2. The third-order valence-corrected chi connectivity index (χ3v) is 4.68. The van der Waals surface area contributed by atoms with Gasteiger partial charge < -0.3 is 19.4 Å². The van der Waals surface area contributed by atoms with Crippen LogP contribution in [0.25, 0.3) is 0 Å². The van der Waals surface area contributed by atoms with Crippen LogP contribution in [0.1, 0.15) is 50.2 Å². The molecule has 7 heteroatoms. The number of carbonyl (C=O) groups is 1. The van der Waals surface area contributed by atoms with E-state index < -0.39 is 0 Å². The number of amides is 1. The summed E-state index contributed by atoms with van der Waals surface area (Å²) >= 11 is 0. The van der Waals surface area contributed by atoms with E-state index >= 15 is 0 Å². The second-order valence-corrected chi connectivity index (χ2v) is 6.89. The Balaban J connectivity index is 1.74. The summed E-state index contributed by atoms with van der Waals surface area (Å²) < 4.78 is 10.9. The van der Waals surface area contributed by atoms with Gasteiger partial charge in [-0.05, 0) is 30.9 Å². The second kappa shape index (κ2) is 8.24. The Labute approximate surface area is 158 Å². The Morgan fingerprint density at radius 2 is 2.07 bits per heavy atom. The molecule has 0 unspecified atom stereocenters. The Morgan fingerprint density at radius 1 is 1.33 bits per heavy atom. The fraction of sp³-hybridized carbons (Fsp3) is 0.450. The molecule has 2 aromatic rings. The van der Waals surface area contributed by atoms with Gasteiger partial charge in [0.05, 0.1) is 18.8 Å². The van der Waals surface area contributed by atoms with Crippen LogP contribution >= 0.6 is 0 Å². The molecule has 0 bridgehead atoms. The van der Waals surface area contributed by atoms with Crippen LogP contribution in [0.5, 0.6) is 11.5 Å². The van der Waals surface area contributed by atoms with E-state index in [2.05, 4.69) is 9.97 Å². The van der Waals surface area contributed by atoms with E-state index in [9.17, 15) is 9.59 Å². The van der Waals surface area contributed by atoms with E-state index in [4.69, 9.17) is 9.47 Å². The van der Waals surface area contributed by atoms with Crippen molar-refractivity contribution in [2.45, 2.75) is 38.6 Å². The highest BCUT2D eigenvalue weighted by molar-refractivity contribution is 5.78. The van der Waals surface area contributed by atoms with E-state index in [1.807, 2.05) is 26.0 Å². The molecule has 0 aliphatic carbocycles. The van der Waals surface area contributed by atoms with E-state index in [0.29, 0.717) is 23.9 Å². The van der Waals surface area contributed by atoms with Gasteiger partial charge in [-0.3, -0.25) is 9.59 Å². The van der Waals surface area contributed by atoms with Gasteiger partial charge in [-0.1, -0.05) is 26.0 Å². The number of likely N-dealkylation sites (tertiary alicyclic amines) is 1. The lowest BCUT2D eigenvalue weighted by Crippen LogP contribution is -2.36. The molecule has 0 radical (unpaired) electrons. The van der Waals surface area contributed by atoms with Crippen LogP contribution in [-0.2, 0) is 4.79 Å². The number of aromatic amines is 1. The van der Waals surface area contributed by atoms with Gasteiger partial charge in [0.1, 0.15) is 5.82 Å². The van der Waals surface area contributed by atoms with Crippen molar-refractivity contribution in [1.29, 1.82) is 0 Å². The molecule has 27 heavy (non-hydrogen) atoms. The maximum atomic E-state index is 12.7. The Morgan fingerprint density at radius 3 is 2.78 bits per heavy atom. The highest BCUT2D eigenvalue weighted by Crippen LogP contribution is 2.31. The molecule has 1 fully saturated rings. The minimum Gasteiger partial charge on any atom is -0.493 e. The number of nitrogens with one attached hydrogen (secondary N) is 1. The van der Waals surface area contributed by atoms with Crippen molar-refractivity contribution in [1.82, 2.24) is 14.9 Å². The predicted molar refractivity (Wildman–Crippen MR) is 101 cm³/mol. The van der Waals surface area contributed by atoms with Crippen LogP contribution in [0.15, 0.2) is 35.1 Å². The normalized spacial score (nSPS) is 16.6. The number of rotatable bonds is 6. The largest absolute Gasteiger partial charge is 0.493 e. The number of aromatic nitrogens is 2. The summed E-state index contributed by atoms with van der Waals surface area (Å²) in [4.78, 5) is 33.9. The van der Waals surface area contributed by atoms with Gasteiger partial charge in [-0.2, -0.15) is 0 Å².